The molecule has 102 valence electrons. The summed E-state index contributed by atoms with van der Waals surface area (Å²) in [5.74, 6) is -0.196. The number of carbonyl (C=O) groups is 1. The maximum Gasteiger partial charge on any atom is 0.460 e. The van der Waals surface area contributed by atoms with Crippen molar-refractivity contribution < 1.29 is 19.2 Å². The average molecular weight is 273 g/mol. The van der Waals surface area contributed by atoms with Gasteiger partial charge in [-0.2, -0.15) is 0 Å². The topological polar surface area (TPSA) is 67.8 Å². The lowest BCUT2D eigenvalue weighted by atomic mass is 9.84. The second-order valence-electron chi connectivity index (χ2n) is 5.80. The van der Waals surface area contributed by atoms with E-state index in [2.05, 4.69) is 5.32 Å². The first-order valence-electron chi connectivity index (χ1n) is 6.17. The van der Waals surface area contributed by atoms with Crippen LogP contribution in [0.1, 0.15) is 27.7 Å². The lowest BCUT2D eigenvalue weighted by Gasteiger charge is -2.32. The smallest absolute Gasteiger partial charge is 0.460 e. The van der Waals surface area contributed by atoms with Crippen molar-refractivity contribution in [2.45, 2.75) is 56.6 Å². The van der Waals surface area contributed by atoms with E-state index in [4.69, 9.17) is 14.4 Å². The van der Waals surface area contributed by atoms with Gasteiger partial charge in [0, 0.05) is 12.1 Å². The molecule has 7 heteroatoms. The highest BCUT2D eigenvalue weighted by Gasteiger charge is 2.51. The first kappa shape index (κ1) is 14.2. The van der Waals surface area contributed by atoms with Crippen LogP contribution in [0.25, 0.3) is 0 Å². The molecule has 0 saturated carbocycles. The fourth-order valence-corrected chi connectivity index (χ4v) is 3.27. The molecule has 0 amide bonds. The van der Waals surface area contributed by atoms with Crippen LogP contribution in [-0.4, -0.2) is 46.6 Å². The number of thioether (sulfide) groups is 1. The van der Waals surface area contributed by atoms with Gasteiger partial charge in [-0.1, -0.05) is 0 Å². The number of carboxylic acid groups (broad SMARTS) is 1. The minimum absolute atomic E-state index is 0.0841. The Bertz CT molecular complexity index is 334. The fourth-order valence-electron chi connectivity index (χ4n) is 2.05. The Morgan fingerprint density at radius 2 is 1.94 bits per heavy atom. The highest BCUT2D eigenvalue weighted by Crippen LogP contribution is 2.39. The van der Waals surface area contributed by atoms with E-state index in [0.29, 0.717) is 12.1 Å². The van der Waals surface area contributed by atoms with Crippen LogP contribution in [0.15, 0.2) is 0 Å². The molecule has 2 atom stereocenters. The highest BCUT2D eigenvalue weighted by molar-refractivity contribution is 8.00. The van der Waals surface area contributed by atoms with E-state index in [0.717, 1.165) is 0 Å². The molecule has 2 saturated heterocycles. The van der Waals surface area contributed by atoms with Gasteiger partial charge < -0.3 is 14.4 Å². The standard InChI is InChI=1S/C11H20BNO4S/c1-10(2)11(3,4)17-12(16-10)5-8-13-7(6-18-8)9(14)15/h7-8,13H,5-6H2,1-4H3,(H,14,15). The third kappa shape index (κ3) is 2.69. The molecule has 2 N–H and O–H groups in total. The summed E-state index contributed by atoms with van der Waals surface area (Å²) in [5.41, 5.74) is -0.653. The zero-order valence-corrected chi connectivity index (χ0v) is 12.0. The van der Waals surface area contributed by atoms with Crippen LogP contribution in [0.3, 0.4) is 0 Å². The van der Waals surface area contributed by atoms with Gasteiger partial charge in [-0.15, -0.1) is 11.8 Å². The van der Waals surface area contributed by atoms with Gasteiger partial charge in [0.05, 0.1) is 16.6 Å². The van der Waals surface area contributed by atoms with E-state index in [1.165, 1.54) is 0 Å². The minimum atomic E-state index is -0.793. The zero-order chi connectivity index (χ0) is 13.6. The van der Waals surface area contributed by atoms with Crippen LogP contribution in [-0.2, 0) is 14.1 Å². The summed E-state index contributed by atoms with van der Waals surface area (Å²) in [5, 5.41) is 12.1. The molecule has 0 bridgehead atoms. The van der Waals surface area contributed by atoms with Crippen molar-refractivity contribution in [1.82, 2.24) is 5.32 Å². The molecule has 18 heavy (non-hydrogen) atoms. The Morgan fingerprint density at radius 3 is 2.39 bits per heavy atom. The fraction of sp³-hybridized carbons (Fsp3) is 0.909. The SMILES string of the molecule is CC1(C)OB(CC2NC(C(=O)O)CS2)OC1(C)C. The van der Waals surface area contributed by atoms with Gasteiger partial charge in [0.1, 0.15) is 6.04 Å². The second-order valence-corrected chi connectivity index (χ2v) is 7.04. The number of carboxylic acids is 1. The number of hydrogen-bond donors (Lipinski definition) is 2. The normalized spacial score (nSPS) is 33.9. The molecule has 2 unspecified atom stereocenters. The van der Waals surface area contributed by atoms with Crippen LogP contribution in [0.4, 0.5) is 0 Å². The molecule has 0 aromatic heterocycles. The van der Waals surface area contributed by atoms with E-state index >= 15 is 0 Å². The van der Waals surface area contributed by atoms with Gasteiger partial charge in [-0.25, -0.2) is 0 Å². The van der Waals surface area contributed by atoms with Crippen LogP contribution in [0.2, 0.25) is 6.32 Å². The van der Waals surface area contributed by atoms with E-state index in [1.807, 2.05) is 27.7 Å². The van der Waals surface area contributed by atoms with Crippen LogP contribution < -0.4 is 5.32 Å². The summed E-state index contributed by atoms with van der Waals surface area (Å²) in [6, 6.07) is -0.456. The summed E-state index contributed by atoms with van der Waals surface area (Å²) in [4.78, 5) is 10.9. The van der Waals surface area contributed by atoms with Crippen LogP contribution >= 0.6 is 11.8 Å². The summed E-state index contributed by atoms with van der Waals surface area (Å²) in [7, 11) is -0.271. The Kier molecular flexibility index (Phi) is 3.70. The van der Waals surface area contributed by atoms with E-state index in [-0.39, 0.29) is 23.7 Å². The van der Waals surface area contributed by atoms with Gasteiger partial charge in [0.25, 0.3) is 0 Å². The van der Waals surface area contributed by atoms with Crippen LogP contribution in [0.5, 0.6) is 0 Å². The predicted octanol–water partition coefficient (Wildman–Crippen LogP) is 1.19. The summed E-state index contributed by atoms with van der Waals surface area (Å²) in [6.07, 6.45) is 0.668. The summed E-state index contributed by atoms with van der Waals surface area (Å²) in [6.45, 7) is 8.06. The molecule has 5 nitrogen and oxygen atoms in total. The number of aliphatic carboxylic acids is 1. The van der Waals surface area contributed by atoms with E-state index in [1.54, 1.807) is 11.8 Å². The molecular formula is C11H20BNO4S. The lowest BCUT2D eigenvalue weighted by molar-refractivity contribution is -0.138. The van der Waals surface area contributed by atoms with Gasteiger partial charge in [-0.3, -0.25) is 10.1 Å². The minimum Gasteiger partial charge on any atom is -0.480 e. The van der Waals surface area contributed by atoms with Crippen molar-refractivity contribution >= 4 is 24.8 Å². The third-order valence-electron chi connectivity index (χ3n) is 3.86. The number of nitrogens with one attached hydrogen (secondary N) is 1. The lowest BCUT2D eigenvalue weighted by Crippen LogP contribution is -2.41. The molecule has 2 heterocycles. The van der Waals surface area contributed by atoms with Crippen molar-refractivity contribution in [1.29, 1.82) is 0 Å². The molecule has 0 spiro atoms. The van der Waals surface area contributed by atoms with E-state index < -0.39 is 12.0 Å². The number of hydrogen-bond acceptors (Lipinski definition) is 5. The molecular weight excluding hydrogens is 253 g/mol. The number of rotatable bonds is 3. The Hall–Kier alpha value is -0.235. The van der Waals surface area contributed by atoms with Gasteiger partial charge in [0.15, 0.2) is 0 Å². The van der Waals surface area contributed by atoms with Crippen molar-refractivity contribution in [3.05, 3.63) is 0 Å². The molecule has 0 radical (unpaired) electrons. The Balaban J connectivity index is 1.88. The predicted molar refractivity (Wildman–Crippen MR) is 71.7 cm³/mol. The zero-order valence-electron chi connectivity index (χ0n) is 11.2. The van der Waals surface area contributed by atoms with Crippen molar-refractivity contribution in [3.8, 4) is 0 Å². The van der Waals surface area contributed by atoms with Crippen LogP contribution in [0, 0.1) is 0 Å². The highest BCUT2D eigenvalue weighted by atomic mass is 32.2. The van der Waals surface area contributed by atoms with Crippen molar-refractivity contribution in [2.24, 2.45) is 0 Å². The van der Waals surface area contributed by atoms with Gasteiger partial charge in [0.2, 0.25) is 0 Å². The Morgan fingerprint density at radius 1 is 1.39 bits per heavy atom. The maximum atomic E-state index is 10.9. The average Bonchev–Trinajstić information content (AvgIpc) is 2.70. The largest absolute Gasteiger partial charge is 0.480 e. The molecule has 0 aromatic rings. The first-order chi connectivity index (χ1) is 8.21. The van der Waals surface area contributed by atoms with Gasteiger partial charge in [-0.05, 0) is 27.7 Å². The Labute approximate surface area is 112 Å². The van der Waals surface area contributed by atoms with Crippen molar-refractivity contribution in [3.63, 3.8) is 0 Å². The summed E-state index contributed by atoms with van der Waals surface area (Å²) >= 11 is 1.61. The summed E-state index contributed by atoms with van der Waals surface area (Å²) < 4.78 is 11.8. The molecule has 2 aliphatic heterocycles. The second kappa shape index (κ2) is 4.70. The molecule has 2 rings (SSSR count). The maximum absolute atomic E-state index is 10.9. The quantitative estimate of drug-likeness (QED) is 0.753. The van der Waals surface area contributed by atoms with E-state index in [9.17, 15) is 4.79 Å². The monoisotopic (exact) mass is 273 g/mol. The molecule has 0 aliphatic carbocycles. The first-order valence-corrected chi connectivity index (χ1v) is 7.22. The third-order valence-corrected chi connectivity index (χ3v) is 5.11. The van der Waals surface area contributed by atoms with Crippen molar-refractivity contribution in [2.75, 3.05) is 5.75 Å². The molecule has 2 aliphatic rings. The molecule has 0 aromatic carbocycles. The molecule has 2 fully saturated rings. The van der Waals surface area contributed by atoms with Gasteiger partial charge >= 0.3 is 13.1 Å².